The van der Waals surface area contributed by atoms with Crippen LogP contribution in [0.5, 0.6) is 0 Å². The molecule has 2 aromatic rings. The standard InChI is InChI=1S/C24H22O6/c1-17(25)3-5-19-7-11-21(12-8-19)23(27)29-15-16-30-24(28)22-13-9-20(10-14-22)6-4-18(2)26/h7-14,17-18,25-26H,15-16H2,1-2H3. The van der Waals surface area contributed by atoms with Crippen molar-refractivity contribution >= 4 is 11.9 Å². The van der Waals surface area contributed by atoms with Crippen molar-refractivity contribution in [1.29, 1.82) is 0 Å². The van der Waals surface area contributed by atoms with Crippen LogP contribution in [-0.2, 0) is 9.47 Å². The van der Waals surface area contributed by atoms with Gasteiger partial charge in [0.05, 0.1) is 11.1 Å². The van der Waals surface area contributed by atoms with Crippen LogP contribution in [0.15, 0.2) is 48.5 Å². The molecule has 0 aromatic heterocycles. The summed E-state index contributed by atoms with van der Waals surface area (Å²) < 4.78 is 10.2. The zero-order chi connectivity index (χ0) is 21.9. The normalized spacial score (nSPS) is 11.7. The third-order valence-corrected chi connectivity index (χ3v) is 3.64. The lowest BCUT2D eigenvalue weighted by Gasteiger charge is -2.07. The van der Waals surface area contributed by atoms with Crippen molar-refractivity contribution in [2.75, 3.05) is 13.2 Å². The van der Waals surface area contributed by atoms with E-state index in [2.05, 4.69) is 23.7 Å². The SMILES string of the molecule is CC(O)C#Cc1ccc(C(=O)OCCOC(=O)c2ccc(C#CC(C)O)cc2)cc1. The van der Waals surface area contributed by atoms with Crippen molar-refractivity contribution < 1.29 is 29.3 Å². The molecule has 0 bridgehead atoms. The molecule has 0 spiro atoms. The number of hydrogen-bond donors (Lipinski definition) is 2. The maximum Gasteiger partial charge on any atom is 0.338 e. The number of aliphatic hydroxyl groups is 2. The minimum atomic E-state index is -0.723. The first-order chi connectivity index (χ1) is 14.3. The number of benzene rings is 2. The molecule has 0 heterocycles. The summed E-state index contributed by atoms with van der Waals surface area (Å²) in [6, 6.07) is 12.9. The molecule has 2 N–H and O–H groups in total. The second kappa shape index (κ2) is 11.4. The summed E-state index contributed by atoms with van der Waals surface area (Å²) in [6.45, 7) is 2.97. The molecule has 30 heavy (non-hydrogen) atoms. The van der Waals surface area contributed by atoms with Gasteiger partial charge in [-0.2, -0.15) is 0 Å². The van der Waals surface area contributed by atoms with Crippen LogP contribution in [-0.4, -0.2) is 47.6 Å². The van der Waals surface area contributed by atoms with Gasteiger partial charge >= 0.3 is 11.9 Å². The monoisotopic (exact) mass is 406 g/mol. The Kier molecular flexibility index (Phi) is 8.65. The second-order valence-corrected chi connectivity index (χ2v) is 6.32. The van der Waals surface area contributed by atoms with Gasteiger partial charge < -0.3 is 19.7 Å². The fraction of sp³-hybridized carbons (Fsp3) is 0.250. The van der Waals surface area contributed by atoms with Crippen molar-refractivity contribution in [3.05, 3.63) is 70.8 Å². The molecule has 2 unspecified atom stereocenters. The Bertz CT molecular complexity index is 897. The topological polar surface area (TPSA) is 93.1 Å². The molecule has 154 valence electrons. The van der Waals surface area contributed by atoms with E-state index >= 15 is 0 Å². The van der Waals surface area contributed by atoms with Gasteiger partial charge in [0.15, 0.2) is 0 Å². The van der Waals surface area contributed by atoms with Gasteiger partial charge in [-0.3, -0.25) is 0 Å². The largest absolute Gasteiger partial charge is 0.458 e. The minimum Gasteiger partial charge on any atom is -0.458 e. The number of ether oxygens (including phenoxy) is 2. The molecule has 0 radical (unpaired) electrons. The Labute approximate surface area is 175 Å². The van der Waals surface area contributed by atoms with Gasteiger partial charge in [0, 0.05) is 11.1 Å². The quantitative estimate of drug-likeness (QED) is 0.449. The Hall–Kier alpha value is -3.58. The summed E-state index contributed by atoms with van der Waals surface area (Å²) >= 11 is 0. The van der Waals surface area contributed by atoms with Gasteiger partial charge in [0.1, 0.15) is 25.4 Å². The fourth-order valence-corrected chi connectivity index (χ4v) is 2.19. The second-order valence-electron chi connectivity index (χ2n) is 6.32. The average Bonchev–Trinajstić information content (AvgIpc) is 2.74. The van der Waals surface area contributed by atoms with Gasteiger partial charge in [0.2, 0.25) is 0 Å². The molecule has 2 atom stereocenters. The summed E-state index contributed by atoms with van der Waals surface area (Å²) in [5, 5.41) is 18.3. The van der Waals surface area contributed by atoms with E-state index in [0.29, 0.717) is 22.3 Å². The third kappa shape index (κ3) is 7.81. The number of carbonyl (C=O) groups excluding carboxylic acids is 2. The predicted octanol–water partition coefficient (Wildman–Crippen LogP) is 2.17. The van der Waals surface area contributed by atoms with Crippen molar-refractivity contribution in [3.8, 4) is 23.7 Å². The van der Waals surface area contributed by atoms with E-state index in [9.17, 15) is 9.59 Å². The van der Waals surface area contributed by atoms with Crippen molar-refractivity contribution in [2.24, 2.45) is 0 Å². The molecule has 2 aromatic carbocycles. The Morgan fingerprint density at radius 2 is 1.07 bits per heavy atom. The molecule has 6 nitrogen and oxygen atoms in total. The van der Waals surface area contributed by atoms with Crippen LogP contribution in [0.3, 0.4) is 0 Å². The molecule has 0 aliphatic carbocycles. The number of esters is 2. The van der Waals surface area contributed by atoms with Crippen LogP contribution >= 0.6 is 0 Å². The maximum absolute atomic E-state index is 12.0. The summed E-state index contributed by atoms with van der Waals surface area (Å²) in [5.74, 6) is 9.70. The molecule has 2 rings (SSSR count). The zero-order valence-electron chi connectivity index (χ0n) is 16.7. The molecule has 0 saturated heterocycles. The molecule has 0 aliphatic heterocycles. The lowest BCUT2D eigenvalue weighted by molar-refractivity contribution is 0.0265. The van der Waals surface area contributed by atoms with Gasteiger partial charge in [-0.15, -0.1) is 0 Å². The van der Waals surface area contributed by atoms with Crippen LogP contribution < -0.4 is 0 Å². The number of rotatable bonds is 5. The van der Waals surface area contributed by atoms with Gasteiger partial charge in [-0.1, -0.05) is 23.7 Å². The highest BCUT2D eigenvalue weighted by molar-refractivity contribution is 5.90. The van der Waals surface area contributed by atoms with Crippen LogP contribution in [0.1, 0.15) is 45.7 Å². The first-order valence-electron chi connectivity index (χ1n) is 9.29. The van der Waals surface area contributed by atoms with Crippen LogP contribution in [0.25, 0.3) is 0 Å². The summed E-state index contributed by atoms with van der Waals surface area (Å²) in [4.78, 5) is 24.0. The van der Waals surface area contributed by atoms with Gasteiger partial charge in [0.25, 0.3) is 0 Å². The maximum atomic E-state index is 12.0. The Morgan fingerprint density at radius 1 is 0.733 bits per heavy atom. The number of carbonyl (C=O) groups is 2. The lowest BCUT2D eigenvalue weighted by atomic mass is 10.1. The van der Waals surface area contributed by atoms with Gasteiger partial charge in [-0.25, -0.2) is 9.59 Å². The minimum absolute atomic E-state index is 0.0773. The Morgan fingerprint density at radius 3 is 1.37 bits per heavy atom. The van der Waals surface area contributed by atoms with E-state index in [1.54, 1.807) is 62.4 Å². The number of hydrogen-bond acceptors (Lipinski definition) is 6. The highest BCUT2D eigenvalue weighted by Gasteiger charge is 2.09. The molecule has 6 heteroatoms. The van der Waals surface area contributed by atoms with E-state index in [1.807, 2.05) is 0 Å². The van der Waals surface area contributed by atoms with E-state index in [-0.39, 0.29) is 13.2 Å². The average molecular weight is 406 g/mol. The van der Waals surface area contributed by atoms with Crippen molar-refractivity contribution in [2.45, 2.75) is 26.1 Å². The van der Waals surface area contributed by atoms with E-state index in [4.69, 9.17) is 19.7 Å². The molecular weight excluding hydrogens is 384 g/mol. The molecular formula is C24H22O6. The summed E-state index contributed by atoms with van der Waals surface area (Å²) in [7, 11) is 0. The lowest BCUT2D eigenvalue weighted by Crippen LogP contribution is -2.14. The first kappa shape index (κ1) is 22.7. The third-order valence-electron chi connectivity index (χ3n) is 3.64. The van der Waals surface area contributed by atoms with Crippen LogP contribution in [0, 0.1) is 23.7 Å². The molecule has 0 saturated carbocycles. The number of aliphatic hydroxyl groups excluding tert-OH is 2. The van der Waals surface area contributed by atoms with Crippen molar-refractivity contribution in [3.63, 3.8) is 0 Å². The van der Waals surface area contributed by atoms with Crippen molar-refractivity contribution in [1.82, 2.24) is 0 Å². The first-order valence-corrected chi connectivity index (χ1v) is 9.29. The summed E-state index contributed by atoms with van der Waals surface area (Å²) in [5.41, 5.74) is 2.03. The molecule has 0 fully saturated rings. The van der Waals surface area contributed by atoms with E-state index in [1.165, 1.54) is 0 Å². The highest BCUT2D eigenvalue weighted by atomic mass is 16.6. The van der Waals surface area contributed by atoms with Gasteiger partial charge in [-0.05, 0) is 62.4 Å². The van der Waals surface area contributed by atoms with E-state index in [0.717, 1.165) is 0 Å². The fourth-order valence-electron chi connectivity index (χ4n) is 2.19. The van der Waals surface area contributed by atoms with Crippen LogP contribution in [0.4, 0.5) is 0 Å². The highest BCUT2D eigenvalue weighted by Crippen LogP contribution is 2.07. The summed E-state index contributed by atoms with van der Waals surface area (Å²) in [6.07, 6.45) is -1.45. The predicted molar refractivity (Wildman–Crippen MR) is 111 cm³/mol. The smallest absolute Gasteiger partial charge is 0.338 e. The molecule has 0 amide bonds. The van der Waals surface area contributed by atoms with Crippen LogP contribution in [0.2, 0.25) is 0 Å². The van der Waals surface area contributed by atoms with E-state index < -0.39 is 24.1 Å². The molecule has 0 aliphatic rings. The zero-order valence-corrected chi connectivity index (χ0v) is 16.7. The Balaban J connectivity index is 1.78.